The number of nitrogens with two attached hydrogens (primary N) is 3. The van der Waals surface area contributed by atoms with Crippen molar-refractivity contribution in [2.24, 2.45) is 23.1 Å². The van der Waals surface area contributed by atoms with Gasteiger partial charge in [0.15, 0.2) is 0 Å². The van der Waals surface area contributed by atoms with Gasteiger partial charge >= 0.3 is 0 Å². The first-order valence-corrected chi connectivity index (χ1v) is 10.8. The summed E-state index contributed by atoms with van der Waals surface area (Å²) in [4.78, 5) is 0. The molecule has 0 aliphatic heterocycles. The normalized spacial score (nSPS) is 13.4. The summed E-state index contributed by atoms with van der Waals surface area (Å²) in [6.07, 6.45) is 23.5. The highest BCUT2D eigenvalue weighted by molar-refractivity contribution is 4.75. The van der Waals surface area contributed by atoms with Crippen molar-refractivity contribution < 1.29 is 0 Å². The Morgan fingerprint density at radius 1 is 0.542 bits per heavy atom. The maximum absolute atomic E-state index is 5.70. The molecule has 3 nitrogen and oxygen atoms in total. The summed E-state index contributed by atoms with van der Waals surface area (Å²) in [6, 6.07) is 0. The van der Waals surface area contributed by atoms with Gasteiger partial charge in [0.05, 0.1) is 0 Å². The van der Waals surface area contributed by atoms with Gasteiger partial charge in [-0.2, -0.15) is 0 Å². The van der Waals surface area contributed by atoms with Crippen LogP contribution in [0.2, 0.25) is 0 Å². The quantitative estimate of drug-likeness (QED) is 0.218. The van der Waals surface area contributed by atoms with Gasteiger partial charge in [0.2, 0.25) is 0 Å². The Kier molecular flexibility index (Phi) is 16.3. The van der Waals surface area contributed by atoms with Crippen molar-refractivity contribution in [2.75, 3.05) is 0 Å². The number of hydrogen-bond acceptors (Lipinski definition) is 3. The standard InChI is InChI=1S/C21H47N3/c1-3-4-5-6-7-8-9-10-11-12-13-14-15-16-17-18-19-20(2)21(22,23)24/h20H,3-19,22-24H2,1-2H3. The third kappa shape index (κ3) is 16.7. The highest BCUT2D eigenvalue weighted by Gasteiger charge is 2.20. The summed E-state index contributed by atoms with van der Waals surface area (Å²) in [7, 11) is 0. The molecule has 24 heavy (non-hydrogen) atoms. The van der Waals surface area contributed by atoms with Crippen molar-refractivity contribution in [3.05, 3.63) is 0 Å². The third-order valence-corrected chi connectivity index (χ3v) is 5.34. The molecule has 0 amide bonds. The molecule has 6 N–H and O–H groups in total. The third-order valence-electron chi connectivity index (χ3n) is 5.34. The molecule has 0 aromatic heterocycles. The fourth-order valence-corrected chi connectivity index (χ4v) is 3.25. The van der Waals surface area contributed by atoms with E-state index < -0.39 is 5.79 Å². The average molecular weight is 342 g/mol. The largest absolute Gasteiger partial charge is 0.301 e. The van der Waals surface area contributed by atoms with E-state index in [1.54, 1.807) is 0 Å². The Morgan fingerprint density at radius 2 is 0.833 bits per heavy atom. The zero-order valence-corrected chi connectivity index (χ0v) is 16.8. The lowest BCUT2D eigenvalue weighted by Crippen LogP contribution is -2.62. The summed E-state index contributed by atoms with van der Waals surface area (Å²) in [6.45, 7) is 4.33. The SMILES string of the molecule is CCCCCCCCCCCCCCCCCCC(C)C(N)(N)N. The summed E-state index contributed by atoms with van der Waals surface area (Å²) in [5.74, 6) is -0.806. The fraction of sp³-hybridized carbons (Fsp3) is 1.00. The first-order valence-electron chi connectivity index (χ1n) is 10.8. The van der Waals surface area contributed by atoms with Crippen LogP contribution < -0.4 is 17.2 Å². The molecular formula is C21H47N3. The lowest BCUT2D eigenvalue weighted by Gasteiger charge is -2.26. The zero-order valence-electron chi connectivity index (χ0n) is 16.8. The van der Waals surface area contributed by atoms with E-state index in [4.69, 9.17) is 17.2 Å². The Balaban J connectivity index is 3.10. The first-order chi connectivity index (χ1) is 11.5. The number of unbranched alkanes of at least 4 members (excludes halogenated alkanes) is 15. The monoisotopic (exact) mass is 341 g/mol. The second-order valence-electron chi connectivity index (χ2n) is 7.99. The Morgan fingerprint density at radius 3 is 1.12 bits per heavy atom. The van der Waals surface area contributed by atoms with E-state index in [9.17, 15) is 0 Å². The smallest absolute Gasteiger partial charge is 0.118 e. The molecule has 1 unspecified atom stereocenters. The van der Waals surface area contributed by atoms with E-state index in [0.717, 1.165) is 6.42 Å². The van der Waals surface area contributed by atoms with Crippen molar-refractivity contribution in [2.45, 2.75) is 129 Å². The predicted octanol–water partition coefficient (Wildman–Crippen LogP) is 5.80. The van der Waals surface area contributed by atoms with E-state index in [-0.39, 0.29) is 5.92 Å². The van der Waals surface area contributed by atoms with E-state index in [2.05, 4.69) is 6.92 Å². The van der Waals surface area contributed by atoms with Gasteiger partial charge in [-0.25, -0.2) is 0 Å². The van der Waals surface area contributed by atoms with Gasteiger partial charge in [-0.1, -0.05) is 117 Å². The van der Waals surface area contributed by atoms with Crippen molar-refractivity contribution in [3.8, 4) is 0 Å². The molecule has 0 bridgehead atoms. The highest BCUT2D eigenvalue weighted by atomic mass is 15.1. The van der Waals surface area contributed by atoms with Crippen molar-refractivity contribution in [1.29, 1.82) is 0 Å². The van der Waals surface area contributed by atoms with Crippen molar-refractivity contribution >= 4 is 0 Å². The molecule has 146 valence electrons. The molecule has 0 rings (SSSR count). The van der Waals surface area contributed by atoms with Gasteiger partial charge in [-0.05, 0) is 6.42 Å². The van der Waals surface area contributed by atoms with Crippen LogP contribution in [0.1, 0.15) is 123 Å². The minimum atomic E-state index is -1.00. The molecule has 0 aromatic rings. The molecule has 0 spiro atoms. The maximum atomic E-state index is 5.70. The van der Waals surface area contributed by atoms with E-state index in [1.807, 2.05) is 6.92 Å². The molecule has 0 saturated carbocycles. The topological polar surface area (TPSA) is 78.1 Å². The molecule has 0 saturated heterocycles. The molecule has 0 radical (unpaired) electrons. The fourth-order valence-electron chi connectivity index (χ4n) is 3.25. The second kappa shape index (κ2) is 16.4. The highest BCUT2D eigenvalue weighted by Crippen LogP contribution is 2.16. The molecule has 0 aliphatic rings. The van der Waals surface area contributed by atoms with Crippen molar-refractivity contribution in [3.63, 3.8) is 0 Å². The summed E-state index contributed by atoms with van der Waals surface area (Å²) in [5.41, 5.74) is 17.1. The number of hydrogen-bond donors (Lipinski definition) is 3. The van der Waals surface area contributed by atoms with Crippen LogP contribution in [0.25, 0.3) is 0 Å². The van der Waals surface area contributed by atoms with Crippen LogP contribution >= 0.6 is 0 Å². The summed E-state index contributed by atoms with van der Waals surface area (Å²) < 4.78 is 0. The van der Waals surface area contributed by atoms with Crippen LogP contribution in [0.3, 0.4) is 0 Å². The van der Waals surface area contributed by atoms with Gasteiger partial charge in [0.25, 0.3) is 0 Å². The van der Waals surface area contributed by atoms with E-state index in [1.165, 1.54) is 103 Å². The van der Waals surface area contributed by atoms with Gasteiger partial charge in [-0.3, -0.25) is 0 Å². The zero-order chi connectivity index (χ0) is 18.1. The molecule has 0 fully saturated rings. The minimum absolute atomic E-state index is 0.198. The van der Waals surface area contributed by atoms with Crippen LogP contribution in [0.5, 0.6) is 0 Å². The molecule has 0 heterocycles. The molecule has 3 heteroatoms. The molecule has 0 aromatic carbocycles. The van der Waals surface area contributed by atoms with E-state index in [0.29, 0.717) is 0 Å². The maximum Gasteiger partial charge on any atom is 0.118 e. The van der Waals surface area contributed by atoms with Gasteiger partial charge in [0.1, 0.15) is 5.79 Å². The van der Waals surface area contributed by atoms with Gasteiger partial charge in [0, 0.05) is 5.92 Å². The Labute approximate surface area is 152 Å². The first kappa shape index (κ1) is 23.9. The lowest BCUT2D eigenvalue weighted by molar-refractivity contribution is 0.284. The number of rotatable bonds is 18. The van der Waals surface area contributed by atoms with Crippen LogP contribution in [-0.4, -0.2) is 5.79 Å². The van der Waals surface area contributed by atoms with Crippen LogP contribution in [-0.2, 0) is 0 Å². The summed E-state index contributed by atoms with van der Waals surface area (Å²) >= 11 is 0. The Hall–Kier alpha value is -0.120. The molecular weight excluding hydrogens is 294 g/mol. The molecule has 0 aliphatic carbocycles. The molecule has 1 atom stereocenters. The lowest BCUT2D eigenvalue weighted by atomic mass is 9.96. The van der Waals surface area contributed by atoms with E-state index >= 15 is 0 Å². The summed E-state index contributed by atoms with van der Waals surface area (Å²) in [5, 5.41) is 0. The Bertz CT molecular complexity index is 248. The van der Waals surface area contributed by atoms with Crippen molar-refractivity contribution in [1.82, 2.24) is 0 Å². The average Bonchev–Trinajstić information content (AvgIpc) is 2.53. The van der Waals surface area contributed by atoms with Crippen LogP contribution in [0, 0.1) is 5.92 Å². The van der Waals surface area contributed by atoms with Gasteiger partial charge < -0.3 is 17.2 Å². The van der Waals surface area contributed by atoms with Crippen LogP contribution in [0.15, 0.2) is 0 Å². The van der Waals surface area contributed by atoms with Gasteiger partial charge in [-0.15, -0.1) is 0 Å². The predicted molar refractivity (Wildman–Crippen MR) is 109 cm³/mol. The second-order valence-corrected chi connectivity index (χ2v) is 7.99. The minimum Gasteiger partial charge on any atom is -0.301 e. The van der Waals surface area contributed by atoms with Crippen LogP contribution in [0.4, 0.5) is 0 Å².